The molecule has 0 amide bonds. The van der Waals surface area contributed by atoms with Gasteiger partial charge in [-0.1, -0.05) is 5.11 Å². The normalized spacial score (nSPS) is 11.1. The lowest BCUT2D eigenvalue weighted by Crippen LogP contribution is -2.10. The van der Waals surface area contributed by atoms with Gasteiger partial charge in [0.1, 0.15) is 6.10 Å². The van der Waals surface area contributed by atoms with Crippen LogP contribution in [0, 0.1) is 11.3 Å². The molecule has 0 fully saturated rings. The fourth-order valence-corrected chi connectivity index (χ4v) is 0.279. The van der Waals surface area contributed by atoms with Crippen LogP contribution in [0.2, 0.25) is 0 Å². The Morgan fingerprint density at radius 1 is 2.00 bits per heavy atom. The zero-order chi connectivity index (χ0) is 7.11. The summed E-state index contributed by atoms with van der Waals surface area (Å²) >= 11 is 0. The topological polar surface area (TPSA) is 81.8 Å². The van der Waals surface area contributed by atoms with E-state index >= 15 is 0 Å². The highest BCUT2D eigenvalue weighted by molar-refractivity contribution is 4.85. The summed E-state index contributed by atoms with van der Waals surface area (Å²) in [6.45, 7) is 0.0729. The summed E-state index contributed by atoms with van der Waals surface area (Å²) in [5.41, 5.74) is 7.80. The van der Waals surface area contributed by atoms with Crippen molar-refractivity contribution in [3.05, 3.63) is 10.4 Å². The second-order valence-corrected chi connectivity index (χ2v) is 1.27. The minimum Gasteiger partial charge on any atom is -0.366 e. The van der Waals surface area contributed by atoms with Crippen LogP contribution < -0.4 is 0 Å². The summed E-state index contributed by atoms with van der Waals surface area (Å²) in [4.78, 5) is 2.47. The minimum absolute atomic E-state index is 0.0729. The van der Waals surface area contributed by atoms with Crippen LogP contribution in [0.1, 0.15) is 0 Å². The maximum atomic E-state index is 8.19. The Bertz CT molecular complexity index is 154. The molecule has 0 N–H and O–H groups in total. The van der Waals surface area contributed by atoms with Crippen LogP contribution >= 0.6 is 0 Å². The van der Waals surface area contributed by atoms with Crippen molar-refractivity contribution < 1.29 is 4.74 Å². The van der Waals surface area contributed by atoms with E-state index in [1.807, 2.05) is 0 Å². The molecule has 48 valence electrons. The Hall–Kier alpha value is -1.24. The summed E-state index contributed by atoms with van der Waals surface area (Å²) in [6.07, 6.45) is -0.610. The number of methoxy groups -OCH3 is 1. The first kappa shape index (κ1) is 7.76. The average molecular weight is 126 g/mol. The van der Waals surface area contributed by atoms with Gasteiger partial charge in [-0.2, -0.15) is 5.26 Å². The first-order chi connectivity index (χ1) is 4.35. The molecule has 5 nitrogen and oxygen atoms in total. The minimum atomic E-state index is -0.610. The molecule has 1 atom stereocenters. The summed E-state index contributed by atoms with van der Waals surface area (Å²) in [5.74, 6) is 0. The lowest BCUT2D eigenvalue weighted by Gasteiger charge is -1.98. The van der Waals surface area contributed by atoms with Gasteiger partial charge in [0.2, 0.25) is 0 Å². The number of nitrogens with zero attached hydrogens (tertiary/aromatic N) is 4. The van der Waals surface area contributed by atoms with Gasteiger partial charge in [0.05, 0.1) is 12.6 Å². The summed E-state index contributed by atoms with van der Waals surface area (Å²) in [7, 11) is 1.39. The van der Waals surface area contributed by atoms with Gasteiger partial charge in [-0.05, 0) is 5.53 Å². The average Bonchev–Trinajstić information content (AvgIpc) is 1.91. The van der Waals surface area contributed by atoms with Gasteiger partial charge in [-0.3, -0.25) is 0 Å². The molecule has 0 rings (SSSR count). The molecular formula is C4H6N4O. The molecule has 0 aromatic carbocycles. The van der Waals surface area contributed by atoms with E-state index in [1.165, 1.54) is 7.11 Å². The van der Waals surface area contributed by atoms with Crippen molar-refractivity contribution in [2.75, 3.05) is 13.7 Å². The molecule has 0 heterocycles. The van der Waals surface area contributed by atoms with Crippen LogP contribution in [0.3, 0.4) is 0 Å². The lowest BCUT2D eigenvalue weighted by molar-refractivity contribution is 0.153. The van der Waals surface area contributed by atoms with Crippen molar-refractivity contribution in [1.82, 2.24) is 0 Å². The van der Waals surface area contributed by atoms with Crippen LogP contribution in [0.15, 0.2) is 5.11 Å². The number of nitriles is 1. The van der Waals surface area contributed by atoms with Gasteiger partial charge in [0, 0.05) is 12.0 Å². The van der Waals surface area contributed by atoms with Gasteiger partial charge < -0.3 is 4.74 Å². The highest BCUT2D eigenvalue weighted by Gasteiger charge is 2.00. The first-order valence-corrected chi connectivity index (χ1v) is 2.28. The molecule has 0 aromatic heterocycles. The third-order valence-corrected chi connectivity index (χ3v) is 0.739. The molecule has 0 aliphatic rings. The number of hydrogen-bond acceptors (Lipinski definition) is 3. The van der Waals surface area contributed by atoms with Crippen molar-refractivity contribution in [2.45, 2.75) is 6.10 Å². The standard InChI is InChI=1S/C4H6N4O/c1-9-4(2-5)3-7-8-6/h4H,3H2,1H3. The van der Waals surface area contributed by atoms with E-state index in [4.69, 9.17) is 10.8 Å². The van der Waals surface area contributed by atoms with Crippen LogP contribution in [0.4, 0.5) is 0 Å². The van der Waals surface area contributed by atoms with Crippen molar-refractivity contribution in [2.24, 2.45) is 5.11 Å². The zero-order valence-electron chi connectivity index (χ0n) is 4.98. The number of hydrogen-bond donors (Lipinski definition) is 0. The molecule has 0 aliphatic heterocycles. The van der Waals surface area contributed by atoms with E-state index in [-0.39, 0.29) is 6.54 Å². The van der Waals surface area contributed by atoms with Crippen molar-refractivity contribution >= 4 is 0 Å². The zero-order valence-corrected chi connectivity index (χ0v) is 4.98. The van der Waals surface area contributed by atoms with Gasteiger partial charge >= 0.3 is 0 Å². The van der Waals surface area contributed by atoms with Crippen LogP contribution in [0.25, 0.3) is 10.4 Å². The van der Waals surface area contributed by atoms with Crippen molar-refractivity contribution in [3.8, 4) is 6.07 Å². The molecule has 0 saturated carbocycles. The monoisotopic (exact) mass is 126 g/mol. The quantitative estimate of drug-likeness (QED) is 0.319. The summed E-state index contributed by atoms with van der Waals surface area (Å²) < 4.78 is 4.58. The van der Waals surface area contributed by atoms with Crippen LogP contribution in [0.5, 0.6) is 0 Å². The van der Waals surface area contributed by atoms with Crippen molar-refractivity contribution in [3.63, 3.8) is 0 Å². The fraction of sp³-hybridized carbons (Fsp3) is 0.750. The highest BCUT2D eigenvalue weighted by Crippen LogP contribution is 1.87. The maximum absolute atomic E-state index is 8.19. The summed E-state index contributed by atoms with van der Waals surface area (Å²) in [5, 5.41) is 11.3. The van der Waals surface area contributed by atoms with E-state index in [0.29, 0.717) is 0 Å². The van der Waals surface area contributed by atoms with Crippen LogP contribution in [-0.4, -0.2) is 19.8 Å². The number of rotatable bonds is 3. The van der Waals surface area contributed by atoms with Crippen molar-refractivity contribution in [1.29, 1.82) is 5.26 Å². The summed E-state index contributed by atoms with van der Waals surface area (Å²) in [6, 6.07) is 1.80. The Morgan fingerprint density at radius 3 is 3.00 bits per heavy atom. The molecule has 0 bridgehead atoms. The molecule has 0 aromatic rings. The van der Waals surface area contributed by atoms with E-state index < -0.39 is 6.10 Å². The maximum Gasteiger partial charge on any atom is 0.149 e. The highest BCUT2D eigenvalue weighted by atomic mass is 16.5. The largest absolute Gasteiger partial charge is 0.366 e. The third kappa shape index (κ3) is 3.35. The molecule has 0 saturated heterocycles. The smallest absolute Gasteiger partial charge is 0.149 e. The van der Waals surface area contributed by atoms with E-state index in [9.17, 15) is 0 Å². The van der Waals surface area contributed by atoms with E-state index in [1.54, 1.807) is 6.07 Å². The SMILES string of the molecule is COC(C#N)CN=[N+]=[N-]. The fourth-order valence-electron chi connectivity index (χ4n) is 0.279. The first-order valence-electron chi connectivity index (χ1n) is 2.28. The molecule has 1 unspecified atom stereocenters. The molecular weight excluding hydrogens is 120 g/mol. The Morgan fingerprint density at radius 2 is 2.67 bits per heavy atom. The molecule has 0 spiro atoms. The second kappa shape index (κ2) is 4.91. The lowest BCUT2D eigenvalue weighted by atomic mass is 10.4. The third-order valence-electron chi connectivity index (χ3n) is 0.739. The number of ether oxygens (including phenoxy) is 1. The van der Waals surface area contributed by atoms with Gasteiger partial charge in [-0.25, -0.2) is 0 Å². The number of azide groups is 1. The Kier molecular flexibility index (Phi) is 4.23. The van der Waals surface area contributed by atoms with Gasteiger partial charge in [-0.15, -0.1) is 0 Å². The van der Waals surface area contributed by atoms with Crippen LogP contribution in [-0.2, 0) is 4.74 Å². The molecule has 5 heteroatoms. The second-order valence-electron chi connectivity index (χ2n) is 1.27. The predicted molar refractivity (Wildman–Crippen MR) is 30.4 cm³/mol. The molecule has 0 radical (unpaired) electrons. The Labute approximate surface area is 52.5 Å². The molecule has 0 aliphatic carbocycles. The van der Waals surface area contributed by atoms with Gasteiger partial charge in [0.25, 0.3) is 0 Å². The van der Waals surface area contributed by atoms with E-state index in [2.05, 4.69) is 14.8 Å². The Balaban J connectivity index is 3.59. The van der Waals surface area contributed by atoms with Gasteiger partial charge in [0.15, 0.2) is 0 Å². The predicted octanol–water partition coefficient (Wildman–Crippen LogP) is 0.835. The van der Waals surface area contributed by atoms with E-state index in [0.717, 1.165) is 0 Å². The molecule has 9 heavy (non-hydrogen) atoms.